The molecule has 0 aromatic rings. The quantitative estimate of drug-likeness (QED) is 0.320. The molecule has 1 saturated heterocycles. The van der Waals surface area contributed by atoms with Crippen LogP contribution >= 0.6 is 0 Å². The molecule has 1 heterocycles. The maximum Gasteiger partial charge on any atom is 2.00 e. The first-order valence-electron chi connectivity index (χ1n) is 5.64. The predicted octanol–water partition coefficient (Wildman–Crippen LogP) is -0.142. The van der Waals surface area contributed by atoms with Crippen LogP contribution in [0.15, 0.2) is 0 Å². The summed E-state index contributed by atoms with van der Waals surface area (Å²) in [6, 6.07) is 0.189. The molecule has 0 N–H and O–H groups in total. The van der Waals surface area contributed by atoms with Gasteiger partial charge in [-0.2, -0.15) is 0 Å². The van der Waals surface area contributed by atoms with Crippen molar-refractivity contribution in [3.8, 4) is 0 Å². The van der Waals surface area contributed by atoms with Gasteiger partial charge in [-0.05, 0) is 34.1 Å². The number of ether oxygens (including phenoxy) is 1. The molecule has 1 fully saturated rings. The van der Waals surface area contributed by atoms with Crippen molar-refractivity contribution >= 4 is 6.09 Å². The Morgan fingerprint density at radius 1 is 1.41 bits per heavy atom. The van der Waals surface area contributed by atoms with E-state index in [0.29, 0.717) is 5.92 Å². The Morgan fingerprint density at radius 2 is 1.94 bits per heavy atom. The van der Waals surface area contributed by atoms with Crippen LogP contribution in [0.25, 0.3) is 0 Å². The summed E-state index contributed by atoms with van der Waals surface area (Å²) in [4.78, 5) is 13.6. The molecule has 5 heteroatoms. The average Bonchev–Trinajstić information content (AvgIpc) is 2.06. The second-order valence-electron chi connectivity index (χ2n) is 5.32. The smallest absolute Gasteiger partial charge is 1.00 e. The Balaban J connectivity index is 0. The van der Waals surface area contributed by atoms with E-state index in [-0.39, 0.29) is 55.6 Å². The number of carbonyl (C=O) groups is 1. The van der Waals surface area contributed by atoms with Gasteiger partial charge in [0, 0.05) is 12.6 Å². The summed E-state index contributed by atoms with van der Waals surface area (Å²) in [5.74, 6) is 0.325. The van der Waals surface area contributed by atoms with Crippen LogP contribution in [0.2, 0.25) is 0 Å². The first-order valence-corrected chi connectivity index (χ1v) is 5.64. The van der Waals surface area contributed by atoms with Crippen molar-refractivity contribution in [2.24, 2.45) is 5.92 Å². The molecule has 0 aliphatic carbocycles. The van der Waals surface area contributed by atoms with Crippen LogP contribution in [-0.2, 0) is 24.2 Å². The standard InChI is InChI=1S/C12H22NO2.HI.Zn/c1-9-7-6-8-13(10(9)2)11(14)15-12(3,4)5;;/h9-10H,1,6-8H2,2-5H3;1H;/q-1;;+2/p-1/t9-,10-;;/m0../s1. The molecule has 0 bridgehead atoms. The summed E-state index contributed by atoms with van der Waals surface area (Å²) in [7, 11) is 0. The van der Waals surface area contributed by atoms with Gasteiger partial charge < -0.3 is 40.5 Å². The molecule has 0 radical (unpaired) electrons. The summed E-state index contributed by atoms with van der Waals surface area (Å²) in [6.07, 6.45) is 1.92. The minimum Gasteiger partial charge on any atom is -1.00 e. The number of rotatable bonds is 0. The third-order valence-electron chi connectivity index (χ3n) is 2.78. The first-order chi connectivity index (χ1) is 6.81. The van der Waals surface area contributed by atoms with E-state index < -0.39 is 5.60 Å². The van der Waals surface area contributed by atoms with Crippen LogP contribution in [0, 0.1) is 12.8 Å². The fourth-order valence-corrected chi connectivity index (χ4v) is 1.80. The maximum absolute atomic E-state index is 11.8. The van der Waals surface area contributed by atoms with Crippen molar-refractivity contribution in [2.75, 3.05) is 6.54 Å². The number of carbonyl (C=O) groups excluding carboxylic acids is 1. The van der Waals surface area contributed by atoms with E-state index in [4.69, 9.17) is 4.74 Å². The van der Waals surface area contributed by atoms with Crippen molar-refractivity contribution in [1.29, 1.82) is 0 Å². The van der Waals surface area contributed by atoms with Gasteiger partial charge >= 0.3 is 25.6 Å². The summed E-state index contributed by atoms with van der Waals surface area (Å²) in [6.45, 7) is 12.6. The van der Waals surface area contributed by atoms with E-state index in [2.05, 4.69) is 6.92 Å². The Bertz CT molecular complexity index is 243. The zero-order valence-electron chi connectivity index (χ0n) is 11.3. The summed E-state index contributed by atoms with van der Waals surface area (Å²) in [5, 5.41) is 0. The number of halogens is 1. The maximum atomic E-state index is 11.8. The Kier molecular flexibility index (Phi) is 9.30. The van der Waals surface area contributed by atoms with E-state index in [9.17, 15) is 4.79 Å². The minimum atomic E-state index is -0.412. The molecule has 1 rings (SSSR count). The molecule has 1 aliphatic heterocycles. The molecule has 1 amide bonds. The molecule has 0 saturated carbocycles. The molecule has 3 nitrogen and oxygen atoms in total. The topological polar surface area (TPSA) is 29.5 Å². The van der Waals surface area contributed by atoms with Crippen LogP contribution in [0.5, 0.6) is 0 Å². The number of amides is 1. The zero-order valence-corrected chi connectivity index (χ0v) is 16.5. The van der Waals surface area contributed by atoms with Gasteiger partial charge in [0.05, 0.1) is 0 Å². The number of hydrogen-bond acceptors (Lipinski definition) is 2. The van der Waals surface area contributed by atoms with Crippen LogP contribution in [0.4, 0.5) is 4.79 Å². The Hall–Kier alpha value is 0.623. The van der Waals surface area contributed by atoms with Crippen molar-refractivity contribution < 1.29 is 53.0 Å². The van der Waals surface area contributed by atoms with Gasteiger partial charge in [0.2, 0.25) is 0 Å². The largest absolute Gasteiger partial charge is 2.00 e. The van der Waals surface area contributed by atoms with Crippen molar-refractivity contribution in [3.05, 3.63) is 6.92 Å². The van der Waals surface area contributed by atoms with E-state index in [1.165, 1.54) is 0 Å². The van der Waals surface area contributed by atoms with Gasteiger partial charge in [-0.25, -0.2) is 4.79 Å². The second-order valence-corrected chi connectivity index (χ2v) is 5.32. The Labute approximate surface area is 135 Å². The summed E-state index contributed by atoms with van der Waals surface area (Å²) in [5.41, 5.74) is -0.412. The molecule has 96 valence electrons. The monoisotopic (exact) mass is 403 g/mol. The van der Waals surface area contributed by atoms with Crippen LogP contribution in [0.3, 0.4) is 0 Å². The van der Waals surface area contributed by atoms with Gasteiger partial charge in [-0.1, -0.05) is 6.42 Å². The number of piperidine rings is 1. The minimum absolute atomic E-state index is 0. The zero-order chi connectivity index (χ0) is 11.6. The molecule has 0 unspecified atom stereocenters. The predicted molar refractivity (Wildman–Crippen MR) is 60.5 cm³/mol. The van der Waals surface area contributed by atoms with E-state index in [1.807, 2.05) is 27.7 Å². The fraction of sp³-hybridized carbons (Fsp3) is 0.833. The third kappa shape index (κ3) is 6.37. The van der Waals surface area contributed by atoms with Crippen molar-refractivity contribution in [1.82, 2.24) is 4.90 Å². The summed E-state index contributed by atoms with van der Waals surface area (Å²) < 4.78 is 5.36. The molecule has 0 aromatic carbocycles. The molecule has 0 aromatic heterocycles. The molecule has 1 aliphatic rings. The molecular formula is C12H22INO2Zn. The van der Waals surface area contributed by atoms with Gasteiger partial charge in [0.15, 0.2) is 0 Å². The molecule has 0 spiro atoms. The van der Waals surface area contributed by atoms with Gasteiger partial charge in [-0.3, -0.25) is 0 Å². The molecular weight excluding hydrogens is 382 g/mol. The first kappa shape index (κ1) is 20.0. The van der Waals surface area contributed by atoms with E-state index in [0.717, 1.165) is 19.4 Å². The number of likely N-dealkylation sites (tertiary alicyclic amines) is 1. The Morgan fingerprint density at radius 3 is 2.41 bits per heavy atom. The normalized spacial score (nSPS) is 24.4. The van der Waals surface area contributed by atoms with Gasteiger partial charge in [-0.15, -0.1) is 5.92 Å². The second kappa shape index (κ2) is 7.93. The van der Waals surface area contributed by atoms with Crippen LogP contribution in [-0.4, -0.2) is 29.2 Å². The van der Waals surface area contributed by atoms with Gasteiger partial charge in [0.25, 0.3) is 0 Å². The van der Waals surface area contributed by atoms with Crippen LogP contribution < -0.4 is 24.0 Å². The number of hydrogen-bond donors (Lipinski definition) is 0. The van der Waals surface area contributed by atoms with Crippen molar-refractivity contribution in [3.63, 3.8) is 0 Å². The van der Waals surface area contributed by atoms with Gasteiger partial charge in [0.1, 0.15) is 5.60 Å². The molecule has 2 atom stereocenters. The van der Waals surface area contributed by atoms with Crippen molar-refractivity contribution in [2.45, 2.75) is 52.2 Å². The average molecular weight is 405 g/mol. The number of nitrogens with zero attached hydrogens (tertiary/aromatic N) is 1. The summed E-state index contributed by atoms with van der Waals surface area (Å²) >= 11 is 0. The van der Waals surface area contributed by atoms with E-state index >= 15 is 0 Å². The fourth-order valence-electron chi connectivity index (χ4n) is 1.80. The van der Waals surface area contributed by atoms with Crippen LogP contribution in [0.1, 0.15) is 40.5 Å². The third-order valence-corrected chi connectivity index (χ3v) is 2.78. The SMILES string of the molecule is [CH2-][C@H]1CCCN(C(=O)OC(C)(C)C)[C@H]1C.[I-].[Zn+2]. The van der Waals surface area contributed by atoms with E-state index in [1.54, 1.807) is 4.90 Å². The molecule has 17 heavy (non-hydrogen) atoms.